The van der Waals surface area contributed by atoms with Crippen LogP contribution in [0.25, 0.3) is 6.08 Å². The van der Waals surface area contributed by atoms with Crippen molar-refractivity contribution in [3.63, 3.8) is 0 Å². The molecule has 0 bridgehead atoms. The molecule has 0 aliphatic carbocycles. The number of amides is 2. The van der Waals surface area contributed by atoms with Gasteiger partial charge in [-0.2, -0.15) is 0 Å². The zero-order valence-electron chi connectivity index (χ0n) is 15.5. The highest BCUT2D eigenvalue weighted by Crippen LogP contribution is 2.33. The summed E-state index contributed by atoms with van der Waals surface area (Å²) in [6.45, 7) is 5.16. The van der Waals surface area contributed by atoms with Crippen LogP contribution in [0, 0.1) is 5.41 Å². The summed E-state index contributed by atoms with van der Waals surface area (Å²) in [7, 11) is 0. The average Bonchev–Trinajstić information content (AvgIpc) is 2.62. The topological polar surface area (TPSA) is 86.7 Å². The lowest BCUT2D eigenvalue weighted by molar-refractivity contribution is -0.149. The number of aliphatic carboxylic acids is 1. The van der Waals surface area contributed by atoms with Gasteiger partial charge in [0.25, 0.3) is 0 Å². The summed E-state index contributed by atoms with van der Waals surface area (Å²) in [5, 5.41) is 12.3. The molecule has 2 rings (SSSR count). The molecule has 6 heteroatoms. The second-order valence-electron chi connectivity index (χ2n) is 6.66. The Morgan fingerprint density at radius 3 is 2.42 bits per heavy atom. The van der Waals surface area contributed by atoms with E-state index in [1.165, 1.54) is 6.92 Å². The van der Waals surface area contributed by atoms with E-state index in [2.05, 4.69) is 5.32 Å². The number of rotatable bonds is 7. The molecule has 140 valence electrons. The minimum absolute atomic E-state index is 0.0818. The van der Waals surface area contributed by atoms with Crippen LogP contribution in [-0.4, -0.2) is 34.3 Å². The van der Waals surface area contributed by atoms with Gasteiger partial charge in [0.2, 0.25) is 11.8 Å². The summed E-state index contributed by atoms with van der Waals surface area (Å²) in [4.78, 5) is 37.6. The van der Waals surface area contributed by atoms with Gasteiger partial charge in [0.15, 0.2) is 0 Å². The van der Waals surface area contributed by atoms with Crippen LogP contribution in [0.1, 0.15) is 57.2 Å². The quantitative estimate of drug-likeness (QED) is 0.784. The molecule has 0 saturated carbocycles. The van der Waals surface area contributed by atoms with Crippen LogP contribution in [-0.2, 0) is 14.4 Å². The molecule has 2 N–H and O–H groups in total. The second kappa shape index (κ2) is 8.17. The number of fused-ring (bicyclic) bond motifs is 1. The highest BCUT2D eigenvalue weighted by molar-refractivity contribution is 5.82. The second-order valence-corrected chi connectivity index (χ2v) is 6.66. The minimum atomic E-state index is -0.958. The lowest BCUT2D eigenvalue weighted by atomic mass is 9.82. The van der Waals surface area contributed by atoms with E-state index < -0.39 is 17.4 Å². The molecule has 0 aromatic heterocycles. The lowest BCUT2D eigenvalue weighted by Gasteiger charge is -2.33. The Bertz CT molecular complexity index is 722. The van der Waals surface area contributed by atoms with E-state index in [0.29, 0.717) is 12.8 Å². The molecule has 0 radical (unpaired) electrons. The number of carboxylic acids is 1. The molecule has 1 heterocycles. The lowest BCUT2D eigenvalue weighted by Crippen LogP contribution is -2.43. The fourth-order valence-electron chi connectivity index (χ4n) is 3.31. The molecule has 1 aromatic rings. The Kier molecular flexibility index (Phi) is 6.18. The Balaban J connectivity index is 2.14. The molecular weight excluding hydrogens is 332 g/mol. The molecular formula is C20H26N2O4. The molecule has 1 aliphatic heterocycles. The fraction of sp³-hybridized carbons (Fsp3) is 0.450. The summed E-state index contributed by atoms with van der Waals surface area (Å²) in [6, 6.07) is 7.25. The first-order chi connectivity index (χ1) is 12.3. The maximum Gasteiger partial charge on any atom is 0.311 e. The maximum absolute atomic E-state index is 12.5. The number of nitrogens with zero attached hydrogens (tertiary/aromatic N) is 1. The third-order valence-corrected chi connectivity index (χ3v) is 5.28. The van der Waals surface area contributed by atoms with E-state index in [4.69, 9.17) is 0 Å². The van der Waals surface area contributed by atoms with Crippen molar-refractivity contribution in [3.8, 4) is 0 Å². The first kappa shape index (κ1) is 19.7. The number of hydrogen-bond acceptors (Lipinski definition) is 3. The molecule has 1 aromatic carbocycles. The van der Waals surface area contributed by atoms with Crippen LogP contribution in [0.4, 0.5) is 0 Å². The van der Waals surface area contributed by atoms with Gasteiger partial charge < -0.3 is 15.3 Å². The summed E-state index contributed by atoms with van der Waals surface area (Å²) in [5.41, 5.74) is 0.931. The molecule has 1 aliphatic rings. The van der Waals surface area contributed by atoms with E-state index in [9.17, 15) is 19.5 Å². The number of carbonyl (C=O) groups is 3. The first-order valence-electron chi connectivity index (χ1n) is 8.90. The summed E-state index contributed by atoms with van der Waals surface area (Å²) in [5.74, 6) is -1.31. The fourth-order valence-corrected chi connectivity index (χ4v) is 3.31. The number of carboxylic acid groups (broad SMARTS) is 1. The number of carbonyl (C=O) groups excluding carboxylic acids is 2. The largest absolute Gasteiger partial charge is 0.481 e. The number of benzene rings is 1. The van der Waals surface area contributed by atoms with Crippen molar-refractivity contribution >= 4 is 23.9 Å². The van der Waals surface area contributed by atoms with Crippen LogP contribution in [0.5, 0.6) is 0 Å². The van der Waals surface area contributed by atoms with Crippen LogP contribution < -0.4 is 5.32 Å². The third kappa shape index (κ3) is 3.95. The Morgan fingerprint density at radius 2 is 1.85 bits per heavy atom. The molecule has 2 amide bonds. The first-order valence-corrected chi connectivity index (χ1v) is 8.90. The monoisotopic (exact) mass is 358 g/mol. The predicted molar refractivity (Wildman–Crippen MR) is 99.0 cm³/mol. The standard InChI is InChI=1S/C20H26N2O4/c1-4-20(5-2,19(25)26)13-21-18(24)12-17-16-9-7-6-8-15(16)10-11-22(17)14(3)23/h6-11,17H,4-5,12-13H2,1-3H3,(H,21,24)(H,25,26)/t17-/m0/s1. The smallest absolute Gasteiger partial charge is 0.311 e. The van der Waals surface area contributed by atoms with E-state index in [1.54, 1.807) is 11.1 Å². The predicted octanol–water partition coefficient (Wildman–Crippen LogP) is 2.96. The van der Waals surface area contributed by atoms with Gasteiger partial charge >= 0.3 is 5.97 Å². The van der Waals surface area contributed by atoms with Gasteiger partial charge in [0.05, 0.1) is 17.9 Å². The van der Waals surface area contributed by atoms with Gasteiger partial charge in [-0.3, -0.25) is 14.4 Å². The van der Waals surface area contributed by atoms with Crippen molar-refractivity contribution < 1.29 is 19.5 Å². The zero-order chi connectivity index (χ0) is 19.3. The average molecular weight is 358 g/mol. The number of hydrogen-bond donors (Lipinski definition) is 2. The van der Waals surface area contributed by atoms with Crippen molar-refractivity contribution in [1.82, 2.24) is 10.2 Å². The Hall–Kier alpha value is -2.63. The van der Waals surface area contributed by atoms with Gasteiger partial charge in [-0.05, 0) is 30.0 Å². The van der Waals surface area contributed by atoms with Crippen molar-refractivity contribution in [2.75, 3.05) is 6.54 Å². The zero-order valence-corrected chi connectivity index (χ0v) is 15.5. The van der Waals surface area contributed by atoms with E-state index in [-0.39, 0.29) is 24.8 Å². The van der Waals surface area contributed by atoms with Crippen LogP contribution >= 0.6 is 0 Å². The molecule has 6 nitrogen and oxygen atoms in total. The minimum Gasteiger partial charge on any atom is -0.481 e. The molecule has 1 atom stereocenters. The maximum atomic E-state index is 12.5. The van der Waals surface area contributed by atoms with Crippen molar-refractivity contribution in [2.24, 2.45) is 5.41 Å². The SMILES string of the molecule is CCC(CC)(CNC(=O)C[C@H]1c2ccccc2C=CN1C(C)=O)C(=O)O. The highest BCUT2D eigenvalue weighted by atomic mass is 16.4. The van der Waals surface area contributed by atoms with Gasteiger partial charge in [-0.25, -0.2) is 0 Å². The van der Waals surface area contributed by atoms with Crippen LogP contribution in [0.15, 0.2) is 30.5 Å². The van der Waals surface area contributed by atoms with E-state index in [1.807, 2.05) is 44.2 Å². The van der Waals surface area contributed by atoms with Crippen LogP contribution in [0.2, 0.25) is 0 Å². The molecule has 26 heavy (non-hydrogen) atoms. The molecule has 0 spiro atoms. The van der Waals surface area contributed by atoms with Gasteiger partial charge in [-0.1, -0.05) is 38.1 Å². The molecule has 0 saturated heterocycles. The van der Waals surface area contributed by atoms with Gasteiger partial charge in [0.1, 0.15) is 0 Å². The van der Waals surface area contributed by atoms with E-state index >= 15 is 0 Å². The summed E-state index contributed by atoms with van der Waals surface area (Å²) >= 11 is 0. The summed E-state index contributed by atoms with van der Waals surface area (Å²) < 4.78 is 0. The normalized spacial score (nSPS) is 16.1. The summed E-state index contributed by atoms with van der Waals surface area (Å²) in [6.07, 6.45) is 4.52. The highest BCUT2D eigenvalue weighted by Gasteiger charge is 2.36. The van der Waals surface area contributed by atoms with Gasteiger partial charge in [-0.15, -0.1) is 0 Å². The third-order valence-electron chi connectivity index (χ3n) is 5.28. The van der Waals surface area contributed by atoms with Crippen molar-refractivity contribution in [2.45, 2.75) is 46.1 Å². The molecule has 0 fully saturated rings. The van der Waals surface area contributed by atoms with Crippen molar-refractivity contribution in [3.05, 3.63) is 41.6 Å². The number of nitrogens with one attached hydrogen (secondary N) is 1. The Labute approximate surface area is 153 Å². The molecule has 0 unspecified atom stereocenters. The van der Waals surface area contributed by atoms with Crippen LogP contribution in [0.3, 0.4) is 0 Å². The van der Waals surface area contributed by atoms with E-state index in [0.717, 1.165) is 11.1 Å². The van der Waals surface area contributed by atoms with Gasteiger partial charge in [0, 0.05) is 19.7 Å². The van der Waals surface area contributed by atoms with Crippen molar-refractivity contribution in [1.29, 1.82) is 0 Å². The Morgan fingerprint density at radius 1 is 1.19 bits per heavy atom.